The van der Waals surface area contributed by atoms with Crippen LogP contribution < -0.4 is 19.7 Å². The highest BCUT2D eigenvalue weighted by Crippen LogP contribution is 2.37. The van der Waals surface area contributed by atoms with Crippen LogP contribution in [-0.4, -0.2) is 31.6 Å². The van der Waals surface area contributed by atoms with Crippen molar-refractivity contribution in [3.63, 3.8) is 0 Å². The second-order valence-electron chi connectivity index (χ2n) is 7.86. The summed E-state index contributed by atoms with van der Waals surface area (Å²) in [4.78, 5) is 26.7. The first kappa shape index (κ1) is 19.7. The van der Waals surface area contributed by atoms with Crippen molar-refractivity contribution in [1.82, 2.24) is 0 Å². The summed E-state index contributed by atoms with van der Waals surface area (Å²) in [7, 11) is 1.73. The van der Waals surface area contributed by atoms with E-state index >= 15 is 0 Å². The Morgan fingerprint density at radius 3 is 2.50 bits per heavy atom. The van der Waals surface area contributed by atoms with Gasteiger partial charge in [0.25, 0.3) is 5.91 Å². The largest absolute Gasteiger partial charge is 0.491 e. The first-order chi connectivity index (χ1) is 13.2. The topological polar surface area (TPSA) is 67.9 Å². The Bertz CT molecular complexity index is 888. The van der Waals surface area contributed by atoms with Crippen LogP contribution in [0.25, 0.3) is 0 Å². The van der Waals surface area contributed by atoms with Crippen LogP contribution in [-0.2, 0) is 4.79 Å². The fourth-order valence-corrected chi connectivity index (χ4v) is 3.03. The van der Waals surface area contributed by atoms with Crippen LogP contribution in [0.2, 0.25) is 0 Å². The molecule has 0 fully saturated rings. The molecule has 1 aliphatic rings. The molecule has 0 atom stereocenters. The van der Waals surface area contributed by atoms with Gasteiger partial charge in [0, 0.05) is 24.4 Å². The molecule has 1 N–H and O–H groups in total. The lowest BCUT2D eigenvalue weighted by molar-refractivity contribution is -0.127. The monoisotopic (exact) mass is 382 g/mol. The zero-order valence-electron chi connectivity index (χ0n) is 16.9. The molecular formula is C22H26N2O4. The second-order valence-corrected chi connectivity index (χ2v) is 7.86. The van der Waals surface area contributed by atoms with Gasteiger partial charge in [-0.1, -0.05) is 0 Å². The maximum Gasteiger partial charge on any atom is 0.255 e. The molecule has 0 saturated heterocycles. The molecule has 0 radical (unpaired) electrons. The highest BCUT2D eigenvalue weighted by Gasteiger charge is 2.36. The van der Waals surface area contributed by atoms with Gasteiger partial charge in [-0.05, 0) is 64.1 Å². The van der Waals surface area contributed by atoms with E-state index in [-0.39, 0.29) is 24.5 Å². The minimum absolute atomic E-state index is 0.00765. The molecule has 0 unspecified atom stereocenters. The lowest BCUT2D eigenvalue weighted by Gasteiger charge is -2.24. The van der Waals surface area contributed by atoms with E-state index in [4.69, 9.17) is 9.47 Å². The van der Waals surface area contributed by atoms with Crippen LogP contribution in [0.3, 0.4) is 0 Å². The van der Waals surface area contributed by atoms with Crippen LogP contribution in [0, 0.1) is 5.41 Å². The van der Waals surface area contributed by atoms with Crippen molar-refractivity contribution in [1.29, 1.82) is 0 Å². The number of hydrogen-bond donors (Lipinski definition) is 1. The summed E-state index contributed by atoms with van der Waals surface area (Å²) in [6, 6.07) is 12.3. The summed E-state index contributed by atoms with van der Waals surface area (Å²) in [6.07, 6.45) is 0.0780. The number of carbonyl (C=O) groups is 2. The SMILES string of the molecule is CC(C)Oc1ccc(C(=O)Nc2ccc3c(c2)OCC(C)(C)C(=O)N3C)cc1. The van der Waals surface area contributed by atoms with E-state index in [1.807, 2.05) is 27.7 Å². The van der Waals surface area contributed by atoms with Gasteiger partial charge in [-0.3, -0.25) is 9.59 Å². The number of nitrogens with one attached hydrogen (secondary N) is 1. The molecule has 28 heavy (non-hydrogen) atoms. The lowest BCUT2D eigenvalue weighted by atomic mass is 9.93. The molecule has 1 heterocycles. The summed E-state index contributed by atoms with van der Waals surface area (Å²) in [5, 5.41) is 2.87. The van der Waals surface area contributed by atoms with Gasteiger partial charge in [0.05, 0.1) is 17.2 Å². The Morgan fingerprint density at radius 1 is 1.18 bits per heavy atom. The molecule has 0 aliphatic carbocycles. The summed E-state index contributed by atoms with van der Waals surface area (Å²) >= 11 is 0. The van der Waals surface area contributed by atoms with E-state index in [0.29, 0.717) is 22.7 Å². The van der Waals surface area contributed by atoms with Crippen LogP contribution in [0.4, 0.5) is 11.4 Å². The first-order valence-electron chi connectivity index (χ1n) is 9.30. The zero-order chi connectivity index (χ0) is 20.5. The van der Waals surface area contributed by atoms with E-state index in [9.17, 15) is 9.59 Å². The summed E-state index contributed by atoms with van der Waals surface area (Å²) in [6.45, 7) is 7.89. The van der Waals surface area contributed by atoms with Gasteiger partial charge in [-0.2, -0.15) is 0 Å². The molecular weight excluding hydrogens is 356 g/mol. The summed E-state index contributed by atoms with van der Waals surface area (Å²) < 4.78 is 11.5. The van der Waals surface area contributed by atoms with Crippen LogP contribution in [0.1, 0.15) is 38.1 Å². The normalized spacial score (nSPS) is 15.5. The fraction of sp³-hybridized carbons (Fsp3) is 0.364. The van der Waals surface area contributed by atoms with E-state index in [1.165, 1.54) is 0 Å². The third kappa shape index (κ3) is 4.11. The maximum absolute atomic E-state index is 12.5. The van der Waals surface area contributed by atoms with Crippen LogP contribution in [0.15, 0.2) is 42.5 Å². The van der Waals surface area contributed by atoms with Gasteiger partial charge in [0.2, 0.25) is 5.91 Å². The lowest BCUT2D eigenvalue weighted by Crippen LogP contribution is -2.39. The maximum atomic E-state index is 12.5. The highest BCUT2D eigenvalue weighted by molar-refractivity contribution is 6.05. The predicted molar refractivity (Wildman–Crippen MR) is 109 cm³/mol. The second kappa shape index (κ2) is 7.54. The standard InChI is InChI=1S/C22H26N2O4/c1-14(2)28-17-9-6-15(7-10-17)20(25)23-16-8-11-18-19(12-16)27-13-22(3,4)21(26)24(18)5/h6-12,14H,13H2,1-5H3,(H,23,25). The average Bonchev–Trinajstić information content (AvgIpc) is 2.72. The molecule has 2 aromatic rings. The zero-order valence-corrected chi connectivity index (χ0v) is 16.9. The number of anilines is 2. The van der Waals surface area contributed by atoms with E-state index < -0.39 is 5.41 Å². The van der Waals surface area contributed by atoms with Crippen molar-refractivity contribution in [3.05, 3.63) is 48.0 Å². The van der Waals surface area contributed by atoms with Gasteiger partial charge >= 0.3 is 0 Å². The van der Waals surface area contributed by atoms with Crippen molar-refractivity contribution < 1.29 is 19.1 Å². The molecule has 0 spiro atoms. The molecule has 0 bridgehead atoms. The van der Waals surface area contributed by atoms with Crippen molar-refractivity contribution in [2.45, 2.75) is 33.8 Å². The van der Waals surface area contributed by atoms with Gasteiger partial charge in [-0.25, -0.2) is 0 Å². The minimum atomic E-state index is -0.614. The van der Waals surface area contributed by atoms with Gasteiger partial charge in [0.1, 0.15) is 18.1 Å². The first-order valence-corrected chi connectivity index (χ1v) is 9.30. The number of carbonyl (C=O) groups excluding carboxylic acids is 2. The van der Waals surface area contributed by atoms with Crippen molar-refractivity contribution in [2.24, 2.45) is 5.41 Å². The Hall–Kier alpha value is -3.02. The number of rotatable bonds is 4. The number of ether oxygens (including phenoxy) is 2. The Morgan fingerprint density at radius 2 is 1.86 bits per heavy atom. The highest BCUT2D eigenvalue weighted by atomic mass is 16.5. The quantitative estimate of drug-likeness (QED) is 0.864. The smallest absolute Gasteiger partial charge is 0.255 e. The number of fused-ring (bicyclic) bond motifs is 1. The van der Waals surface area contributed by atoms with Crippen LogP contribution in [0.5, 0.6) is 11.5 Å². The molecule has 6 heteroatoms. The number of benzene rings is 2. The third-order valence-electron chi connectivity index (χ3n) is 4.54. The van der Waals surface area contributed by atoms with E-state index in [1.54, 1.807) is 54.4 Å². The molecule has 1 aliphatic heterocycles. The molecule has 2 aromatic carbocycles. The average molecular weight is 382 g/mol. The summed E-state index contributed by atoms with van der Waals surface area (Å²) in [5.41, 5.74) is 1.20. The van der Waals surface area contributed by atoms with Crippen molar-refractivity contribution in [3.8, 4) is 11.5 Å². The van der Waals surface area contributed by atoms with Crippen molar-refractivity contribution in [2.75, 3.05) is 23.9 Å². The van der Waals surface area contributed by atoms with Crippen molar-refractivity contribution >= 4 is 23.2 Å². The van der Waals surface area contributed by atoms with Gasteiger partial charge in [-0.15, -0.1) is 0 Å². The number of amides is 2. The van der Waals surface area contributed by atoms with E-state index in [0.717, 1.165) is 5.75 Å². The third-order valence-corrected chi connectivity index (χ3v) is 4.54. The molecule has 2 amide bonds. The van der Waals surface area contributed by atoms with E-state index in [2.05, 4.69) is 5.32 Å². The van der Waals surface area contributed by atoms with Gasteiger partial charge < -0.3 is 19.7 Å². The minimum Gasteiger partial charge on any atom is -0.491 e. The molecule has 0 saturated carbocycles. The van der Waals surface area contributed by atoms with Crippen LogP contribution >= 0.6 is 0 Å². The molecule has 3 rings (SSSR count). The Labute approximate surface area is 165 Å². The van der Waals surface area contributed by atoms with Gasteiger partial charge in [0.15, 0.2) is 0 Å². The summed E-state index contributed by atoms with van der Waals surface area (Å²) in [5.74, 6) is 1.06. The predicted octanol–water partition coefficient (Wildman–Crippen LogP) is 4.11. The number of hydrogen-bond acceptors (Lipinski definition) is 4. The molecule has 0 aromatic heterocycles. The fourth-order valence-electron chi connectivity index (χ4n) is 3.03. The Balaban J connectivity index is 1.76. The number of nitrogens with zero attached hydrogens (tertiary/aromatic N) is 1. The molecule has 148 valence electrons. The Kier molecular flexibility index (Phi) is 5.31. The molecule has 6 nitrogen and oxygen atoms in total.